The van der Waals surface area contributed by atoms with Crippen LogP contribution in [-0.4, -0.2) is 26.5 Å². The van der Waals surface area contributed by atoms with Crippen LogP contribution in [0.3, 0.4) is 0 Å². The molecule has 2 aromatic heterocycles. The third kappa shape index (κ3) is 4.51. The summed E-state index contributed by atoms with van der Waals surface area (Å²) in [6, 6.07) is 9.13. The van der Waals surface area contributed by atoms with Crippen LogP contribution < -0.4 is 16.4 Å². The van der Waals surface area contributed by atoms with E-state index in [0.29, 0.717) is 28.7 Å². The molecule has 11 heteroatoms. The Morgan fingerprint density at radius 3 is 2.47 bits per heavy atom. The fourth-order valence-corrected chi connectivity index (χ4v) is 3.56. The Kier molecular flexibility index (Phi) is 6.52. The number of benzene rings is 1. The highest BCUT2D eigenvalue weighted by molar-refractivity contribution is 7.17. The number of amides is 2. The largest absolute Gasteiger partial charge is 0.324 e. The molecule has 0 aliphatic heterocycles. The van der Waals surface area contributed by atoms with Crippen LogP contribution in [0.2, 0.25) is 0 Å². The molecule has 2 N–H and O–H groups in total. The molecule has 156 valence electrons. The number of carbonyl (C=O) groups excluding carboxylic acids is 2. The number of nitro groups is 1. The van der Waals surface area contributed by atoms with Crippen molar-refractivity contribution in [3.05, 3.63) is 67.4 Å². The van der Waals surface area contributed by atoms with Crippen molar-refractivity contribution < 1.29 is 14.5 Å². The molecule has 3 aromatic rings. The van der Waals surface area contributed by atoms with Gasteiger partial charge in [0.15, 0.2) is 5.69 Å². The van der Waals surface area contributed by atoms with Crippen molar-refractivity contribution in [3.8, 4) is 0 Å². The Bertz CT molecular complexity index is 1170. The molecule has 2 amide bonds. The van der Waals surface area contributed by atoms with Crippen LogP contribution in [0.15, 0.2) is 41.2 Å². The van der Waals surface area contributed by atoms with E-state index in [4.69, 9.17) is 0 Å². The number of carbonyl (C=O) groups is 2. The second kappa shape index (κ2) is 9.27. The molecule has 2 heterocycles. The van der Waals surface area contributed by atoms with Crippen LogP contribution in [0.1, 0.15) is 46.3 Å². The van der Waals surface area contributed by atoms with Gasteiger partial charge in [-0.15, -0.1) is 0 Å². The minimum absolute atomic E-state index is 0.000779. The second-order valence-electron chi connectivity index (χ2n) is 6.43. The highest BCUT2D eigenvalue weighted by atomic mass is 32.1. The lowest BCUT2D eigenvalue weighted by molar-refractivity contribution is -0.380. The van der Waals surface area contributed by atoms with Gasteiger partial charge in [0.25, 0.3) is 17.4 Å². The SMILES string of the molecule is CCCCCn1nc(C(=O)NNC(=O)c2ccc([N+](=O)[O-])s2)c2ccccc2c1=O. The molecule has 0 aliphatic carbocycles. The monoisotopic (exact) mass is 429 g/mol. The van der Waals surface area contributed by atoms with Crippen molar-refractivity contribution in [3.63, 3.8) is 0 Å². The lowest BCUT2D eigenvalue weighted by Crippen LogP contribution is -2.42. The molecule has 0 atom stereocenters. The molecule has 10 nitrogen and oxygen atoms in total. The van der Waals surface area contributed by atoms with Gasteiger partial charge in [0.2, 0.25) is 0 Å². The zero-order chi connectivity index (χ0) is 21.7. The third-order valence-electron chi connectivity index (χ3n) is 4.34. The average molecular weight is 429 g/mol. The smallest absolute Gasteiger partial charge is 0.267 e. The summed E-state index contributed by atoms with van der Waals surface area (Å²) >= 11 is 0.691. The van der Waals surface area contributed by atoms with Gasteiger partial charge in [0.05, 0.1) is 10.3 Å². The van der Waals surface area contributed by atoms with Crippen LogP contribution in [-0.2, 0) is 6.54 Å². The predicted octanol–water partition coefficient (Wildman–Crippen LogP) is 2.63. The molecule has 0 unspecified atom stereocenters. The van der Waals surface area contributed by atoms with Gasteiger partial charge in [0.1, 0.15) is 4.88 Å². The van der Waals surface area contributed by atoms with E-state index in [1.165, 1.54) is 16.8 Å². The summed E-state index contributed by atoms with van der Waals surface area (Å²) in [5, 5.41) is 15.5. The first-order valence-electron chi connectivity index (χ1n) is 9.27. The number of nitrogens with zero attached hydrogens (tertiary/aromatic N) is 3. The zero-order valence-corrected chi connectivity index (χ0v) is 16.9. The average Bonchev–Trinajstić information content (AvgIpc) is 3.24. The lowest BCUT2D eigenvalue weighted by Gasteiger charge is -2.11. The third-order valence-corrected chi connectivity index (χ3v) is 5.38. The van der Waals surface area contributed by atoms with Crippen molar-refractivity contribution in [2.75, 3.05) is 0 Å². The molecule has 1 aromatic carbocycles. The Hall–Kier alpha value is -3.60. The van der Waals surface area contributed by atoms with Crippen molar-refractivity contribution in [1.82, 2.24) is 20.6 Å². The number of hydrogen-bond acceptors (Lipinski definition) is 7. The Morgan fingerprint density at radius 1 is 1.10 bits per heavy atom. The topological polar surface area (TPSA) is 136 Å². The summed E-state index contributed by atoms with van der Waals surface area (Å²) in [5.41, 5.74) is 4.20. The molecule has 3 rings (SSSR count). The van der Waals surface area contributed by atoms with E-state index in [-0.39, 0.29) is 21.1 Å². The summed E-state index contributed by atoms with van der Waals surface area (Å²) in [7, 11) is 0. The van der Waals surface area contributed by atoms with E-state index in [2.05, 4.69) is 16.0 Å². The van der Waals surface area contributed by atoms with Gasteiger partial charge in [0, 0.05) is 18.0 Å². The van der Waals surface area contributed by atoms with E-state index >= 15 is 0 Å². The van der Waals surface area contributed by atoms with Gasteiger partial charge in [-0.05, 0) is 18.6 Å². The van der Waals surface area contributed by atoms with Gasteiger partial charge in [-0.3, -0.25) is 35.3 Å². The normalized spacial score (nSPS) is 10.7. The number of rotatable bonds is 7. The van der Waals surface area contributed by atoms with Gasteiger partial charge >= 0.3 is 5.00 Å². The van der Waals surface area contributed by atoms with Gasteiger partial charge in [-0.25, -0.2) is 4.68 Å². The number of fused-ring (bicyclic) bond motifs is 1. The molecule has 30 heavy (non-hydrogen) atoms. The van der Waals surface area contributed by atoms with E-state index in [1.807, 2.05) is 6.92 Å². The van der Waals surface area contributed by atoms with Crippen LogP contribution in [0, 0.1) is 10.1 Å². The summed E-state index contributed by atoms with van der Waals surface area (Å²) in [6.45, 7) is 2.42. The van der Waals surface area contributed by atoms with Gasteiger partial charge in [-0.1, -0.05) is 49.3 Å². The van der Waals surface area contributed by atoms with Crippen LogP contribution >= 0.6 is 11.3 Å². The number of hydrazine groups is 1. The maximum Gasteiger partial charge on any atom is 0.324 e. The molecular formula is C19H19N5O5S. The Balaban J connectivity index is 1.82. The number of unbranched alkanes of at least 4 members (excludes halogenated alkanes) is 2. The minimum Gasteiger partial charge on any atom is -0.267 e. The molecule has 0 bridgehead atoms. The first-order chi connectivity index (χ1) is 14.4. The van der Waals surface area contributed by atoms with Gasteiger partial charge < -0.3 is 0 Å². The second-order valence-corrected chi connectivity index (χ2v) is 7.50. The van der Waals surface area contributed by atoms with Crippen LogP contribution in [0.5, 0.6) is 0 Å². The maximum atomic E-state index is 12.7. The zero-order valence-electron chi connectivity index (χ0n) is 16.1. The van der Waals surface area contributed by atoms with E-state index < -0.39 is 16.7 Å². The highest BCUT2D eigenvalue weighted by Gasteiger charge is 2.19. The number of aryl methyl sites for hydroxylation is 1. The lowest BCUT2D eigenvalue weighted by atomic mass is 10.1. The van der Waals surface area contributed by atoms with E-state index in [9.17, 15) is 24.5 Å². The van der Waals surface area contributed by atoms with Crippen LogP contribution in [0.25, 0.3) is 10.8 Å². The molecular weight excluding hydrogens is 410 g/mol. The molecule has 0 saturated carbocycles. The standard InChI is InChI=1S/C19H19N5O5S/c1-2-3-6-11-23-19(27)13-8-5-4-7-12(13)16(22-23)18(26)21-20-17(25)14-9-10-15(30-14)24(28)29/h4-5,7-10H,2-3,6,11H2,1H3,(H,20,25)(H,21,26). The summed E-state index contributed by atoms with van der Waals surface area (Å²) in [6.07, 6.45) is 2.64. The molecule has 0 radical (unpaired) electrons. The van der Waals surface area contributed by atoms with E-state index in [0.717, 1.165) is 19.3 Å². The fraction of sp³-hybridized carbons (Fsp3) is 0.263. The van der Waals surface area contributed by atoms with Crippen LogP contribution in [0.4, 0.5) is 5.00 Å². The quantitative estimate of drug-likeness (QED) is 0.337. The highest BCUT2D eigenvalue weighted by Crippen LogP contribution is 2.23. The molecule has 0 fully saturated rings. The number of nitrogens with one attached hydrogen (secondary N) is 2. The van der Waals surface area contributed by atoms with Crippen molar-refractivity contribution in [2.24, 2.45) is 0 Å². The first kappa shape index (κ1) is 21.1. The Labute approximate surface area is 174 Å². The number of aromatic nitrogens is 2. The van der Waals surface area contributed by atoms with Gasteiger partial charge in [-0.2, -0.15) is 5.10 Å². The summed E-state index contributed by atoms with van der Waals surface area (Å²) in [4.78, 5) is 47.7. The maximum absolute atomic E-state index is 12.7. The fourth-order valence-electron chi connectivity index (χ4n) is 2.85. The molecule has 0 saturated heterocycles. The van der Waals surface area contributed by atoms with E-state index in [1.54, 1.807) is 24.3 Å². The number of thiophene rings is 1. The van der Waals surface area contributed by atoms with Crippen molar-refractivity contribution >= 4 is 38.9 Å². The molecule has 0 aliphatic rings. The molecule has 0 spiro atoms. The number of hydrogen-bond donors (Lipinski definition) is 2. The van der Waals surface area contributed by atoms with Crippen molar-refractivity contribution in [1.29, 1.82) is 0 Å². The summed E-state index contributed by atoms with van der Waals surface area (Å²) < 4.78 is 1.26. The Morgan fingerprint density at radius 2 is 1.80 bits per heavy atom. The first-order valence-corrected chi connectivity index (χ1v) is 10.1. The summed E-state index contributed by atoms with van der Waals surface area (Å²) in [5.74, 6) is -1.39. The predicted molar refractivity (Wildman–Crippen MR) is 111 cm³/mol. The minimum atomic E-state index is -0.699. The van der Waals surface area contributed by atoms with Crippen molar-refractivity contribution in [2.45, 2.75) is 32.7 Å².